The van der Waals surface area contributed by atoms with Crippen molar-refractivity contribution in [2.45, 2.75) is 31.7 Å². The number of imidazole rings is 1. The summed E-state index contributed by atoms with van der Waals surface area (Å²) in [6.07, 6.45) is 2.46. The van der Waals surface area contributed by atoms with Crippen LogP contribution < -0.4 is 15.2 Å². The van der Waals surface area contributed by atoms with Crippen molar-refractivity contribution < 1.29 is 9.47 Å². The van der Waals surface area contributed by atoms with Crippen LogP contribution in [0.5, 0.6) is 11.5 Å². The lowest BCUT2D eigenvalue weighted by Gasteiger charge is -2.19. The van der Waals surface area contributed by atoms with E-state index in [-0.39, 0.29) is 6.04 Å². The molecule has 1 saturated carbocycles. The summed E-state index contributed by atoms with van der Waals surface area (Å²) in [6.45, 7) is 3.96. The second-order valence-corrected chi connectivity index (χ2v) is 5.68. The van der Waals surface area contributed by atoms with E-state index in [2.05, 4.69) is 17.6 Å². The normalized spacial score (nSPS) is 19.3. The van der Waals surface area contributed by atoms with Crippen molar-refractivity contribution in [3.63, 3.8) is 0 Å². The van der Waals surface area contributed by atoms with E-state index >= 15 is 0 Å². The van der Waals surface area contributed by atoms with E-state index in [0.717, 1.165) is 22.5 Å². The predicted octanol–water partition coefficient (Wildman–Crippen LogP) is 2.20. The number of benzene rings is 1. The fourth-order valence-corrected chi connectivity index (χ4v) is 2.85. The molecule has 1 aliphatic carbocycles. The molecule has 1 fully saturated rings. The van der Waals surface area contributed by atoms with Crippen LogP contribution in [-0.4, -0.2) is 29.3 Å². The summed E-state index contributed by atoms with van der Waals surface area (Å²) in [4.78, 5) is 4.82. The Morgan fingerprint density at radius 1 is 1.30 bits per heavy atom. The molecule has 2 aromatic rings. The highest BCUT2D eigenvalue weighted by Crippen LogP contribution is 2.43. The van der Waals surface area contributed by atoms with Gasteiger partial charge in [0, 0.05) is 30.6 Å². The van der Waals surface area contributed by atoms with Crippen LogP contribution in [0.3, 0.4) is 0 Å². The monoisotopic (exact) mass is 273 g/mol. The van der Waals surface area contributed by atoms with Gasteiger partial charge in [-0.25, -0.2) is 4.98 Å². The van der Waals surface area contributed by atoms with Gasteiger partial charge in [-0.1, -0.05) is 0 Å². The Kier molecular flexibility index (Phi) is 2.63. The Balaban J connectivity index is 1.93. The van der Waals surface area contributed by atoms with Crippen LogP contribution in [0.25, 0.3) is 11.0 Å². The first-order valence-electron chi connectivity index (χ1n) is 7.29. The van der Waals surface area contributed by atoms with Gasteiger partial charge in [-0.05, 0) is 19.8 Å². The van der Waals surface area contributed by atoms with Gasteiger partial charge in [0.25, 0.3) is 0 Å². The number of rotatable bonds is 3. The minimum Gasteiger partial charge on any atom is -0.486 e. The second kappa shape index (κ2) is 4.38. The Morgan fingerprint density at radius 3 is 2.65 bits per heavy atom. The molecule has 1 atom stereocenters. The third-order valence-electron chi connectivity index (χ3n) is 4.11. The van der Waals surface area contributed by atoms with Gasteiger partial charge >= 0.3 is 0 Å². The van der Waals surface area contributed by atoms with Gasteiger partial charge in [-0.15, -0.1) is 0 Å². The maximum absolute atomic E-state index is 5.88. The molecule has 1 aromatic heterocycles. The number of hydrogen-bond acceptors (Lipinski definition) is 4. The Morgan fingerprint density at radius 2 is 2.00 bits per heavy atom. The largest absolute Gasteiger partial charge is 0.486 e. The number of aromatic nitrogens is 2. The van der Waals surface area contributed by atoms with Crippen molar-refractivity contribution in [3.05, 3.63) is 18.0 Å². The van der Waals surface area contributed by atoms with Crippen molar-refractivity contribution in [2.24, 2.45) is 5.73 Å². The highest BCUT2D eigenvalue weighted by molar-refractivity contribution is 5.81. The summed E-state index contributed by atoms with van der Waals surface area (Å²) in [5.74, 6) is 3.38. The highest BCUT2D eigenvalue weighted by Gasteiger charge is 2.31. The summed E-state index contributed by atoms with van der Waals surface area (Å²) < 4.78 is 13.6. The fraction of sp³-hybridized carbons (Fsp3) is 0.533. The third-order valence-corrected chi connectivity index (χ3v) is 4.11. The zero-order chi connectivity index (χ0) is 13.7. The number of nitrogens with zero attached hydrogens (tertiary/aromatic N) is 2. The summed E-state index contributed by atoms with van der Waals surface area (Å²) in [5, 5.41) is 0. The maximum atomic E-state index is 5.88. The van der Waals surface area contributed by atoms with Crippen LogP contribution in [0.15, 0.2) is 12.1 Å². The van der Waals surface area contributed by atoms with Crippen LogP contribution in [0.4, 0.5) is 0 Å². The van der Waals surface area contributed by atoms with Crippen molar-refractivity contribution in [1.29, 1.82) is 0 Å². The third kappa shape index (κ3) is 1.77. The molecule has 2 aliphatic rings. The van der Waals surface area contributed by atoms with Crippen molar-refractivity contribution >= 4 is 11.0 Å². The molecule has 0 amide bonds. The van der Waals surface area contributed by atoms with Gasteiger partial charge in [-0.3, -0.25) is 0 Å². The van der Waals surface area contributed by atoms with E-state index in [4.69, 9.17) is 20.2 Å². The van der Waals surface area contributed by atoms with Crippen molar-refractivity contribution in [3.8, 4) is 11.5 Å². The first-order valence-corrected chi connectivity index (χ1v) is 7.29. The van der Waals surface area contributed by atoms with Gasteiger partial charge in [0.05, 0.1) is 11.0 Å². The Hall–Kier alpha value is -1.75. The van der Waals surface area contributed by atoms with E-state index in [1.807, 2.05) is 6.07 Å². The summed E-state index contributed by atoms with van der Waals surface area (Å²) >= 11 is 0. The van der Waals surface area contributed by atoms with Crippen LogP contribution in [-0.2, 0) is 0 Å². The molecule has 4 rings (SSSR count). The summed E-state index contributed by atoms with van der Waals surface area (Å²) in [7, 11) is 0. The van der Waals surface area contributed by atoms with Gasteiger partial charge in [0.2, 0.25) is 0 Å². The molecule has 1 aliphatic heterocycles. The zero-order valence-corrected chi connectivity index (χ0v) is 11.6. The number of hydrogen-bond donors (Lipinski definition) is 1. The molecule has 2 heterocycles. The molecule has 0 saturated heterocycles. The smallest absolute Gasteiger partial charge is 0.163 e. The molecule has 5 heteroatoms. The molecule has 2 N–H and O–H groups in total. The number of nitrogens with two attached hydrogens (primary N) is 1. The first-order chi connectivity index (χ1) is 9.78. The van der Waals surface area contributed by atoms with E-state index in [1.54, 1.807) is 0 Å². The topological polar surface area (TPSA) is 62.3 Å². The van der Waals surface area contributed by atoms with Crippen molar-refractivity contribution in [2.75, 3.05) is 19.8 Å². The van der Waals surface area contributed by atoms with Crippen LogP contribution in [0.2, 0.25) is 0 Å². The standard InChI is InChI=1S/C15H19N3O2/c1-9(8-16)18-12-7-14-13(19-4-5-20-14)6-11(12)17-15(18)10-2-3-10/h6-7,9-10H,2-5,8,16H2,1H3. The lowest BCUT2D eigenvalue weighted by Crippen LogP contribution is -2.18. The molecular weight excluding hydrogens is 254 g/mol. The second-order valence-electron chi connectivity index (χ2n) is 5.68. The minimum atomic E-state index is 0.248. The first kappa shape index (κ1) is 12.0. The van der Waals surface area contributed by atoms with Crippen LogP contribution >= 0.6 is 0 Å². The lowest BCUT2D eigenvalue weighted by molar-refractivity contribution is 0.172. The quantitative estimate of drug-likeness (QED) is 0.931. The lowest BCUT2D eigenvalue weighted by atomic mass is 10.2. The maximum Gasteiger partial charge on any atom is 0.163 e. The van der Waals surface area contributed by atoms with Gasteiger partial charge in [-0.2, -0.15) is 0 Å². The average molecular weight is 273 g/mol. The van der Waals surface area contributed by atoms with Gasteiger partial charge in [0.1, 0.15) is 19.0 Å². The van der Waals surface area contributed by atoms with E-state index in [1.165, 1.54) is 18.7 Å². The van der Waals surface area contributed by atoms with Gasteiger partial charge in [0.15, 0.2) is 11.5 Å². The molecular formula is C15H19N3O2. The molecule has 1 unspecified atom stereocenters. The summed E-state index contributed by atoms with van der Waals surface area (Å²) in [6, 6.07) is 4.29. The molecule has 20 heavy (non-hydrogen) atoms. The van der Waals surface area contributed by atoms with Crippen LogP contribution in [0, 0.1) is 0 Å². The molecule has 106 valence electrons. The van der Waals surface area contributed by atoms with E-state index < -0.39 is 0 Å². The number of ether oxygens (including phenoxy) is 2. The Labute approximate surface area is 117 Å². The molecule has 5 nitrogen and oxygen atoms in total. The predicted molar refractivity (Wildman–Crippen MR) is 76.5 cm³/mol. The fourth-order valence-electron chi connectivity index (χ4n) is 2.85. The van der Waals surface area contributed by atoms with Gasteiger partial charge < -0.3 is 19.8 Å². The Bertz CT molecular complexity index is 661. The molecule has 1 aromatic carbocycles. The molecule has 0 radical (unpaired) electrons. The van der Waals surface area contributed by atoms with Crippen molar-refractivity contribution in [1.82, 2.24) is 9.55 Å². The summed E-state index contributed by atoms with van der Waals surface area (Å²) in [5.41, 5.74) is 7.97. The van der Waals surface area contributed by atoms with E-state index in [9.17, 15) is 0 Å². The van der Waals surface area contributed by atoms with Crippen LogP contribution in [0.1, 0.15) is 37.5 Å². The average Bonchev–Trinajstić information content (AvgIpc) is 3.26. The minimum absolute atomic E-state index is 0.248. The van der Waals surface area contributed by atoms with E-state index in [0.29, 0.717) is 25.7 Å². The highest BCUT2D eigenvalue weighted by atomic mass is 16.6. The molecule has 0 bridgehead atoms. The number of fused-ring (bicyclic) bond motifs is 2. The SMILES string of the molecule is CC(CN)n1c(C2CC2)nc2cc3c(cc21)OCCO3. The zero-order valence-electron chi connectivity index (χ0n) is 11.6. The molecule has 0 spiro atoms.